The number of nitrogens with zero attached hydrogens (tertiary/aromatic N) is 2. The molecule has 0 spiro atoms. The average molecular weight is 245 g/mol. The maximum absolute atomic E-state index is 9.61. The van der Waals surface area contributed by atoms with Gasteiger partial charge < -0.3 is 15.2 Å². The second-order valence-electron chi connectivity index (χ2n) is 4.49. The summed E-state index contributed by atoms with van der Waals surface area (Å²) in [4.78, 5) is 0. The van der Waals surface area contributed by atoms with Crippen molar-refractivity contribution in [2.75, 3.05) is 13.1 Å². The van der Waals surface area contributed by atoms with Crippen molar-refractivity contribution in [3.8, 4) is 17.2 Å². The number of nitrogens with one attached hydrogen (secondary N) is 1. The van der Waals surface area contributed by atoms with Crippen molar-refractivity contribution >= 4 is 0 Å². The summed E-state index contributed by atoms with van der Waals surface area (Å²) in [6, 6.07) is 6.90. The van der Waals surface area contributed by atoms with E-state index in [1.165, 1.54) is 0 Å². The minimum atomic E-state index is 0.133. The van der Waals surface area contributed by atoms with Crippen LogP contribution in [0.4, 0.5) is 0 Å². The largest absolute Gasteiger partial charge is 0.504 e. The van der Waals surface area contributed by atoms with Crippen LogP contribution in [0.25, 0.3) is 0 Å². The maximum atomic E-state index is 9.61. The Kier molecular flexibility index (Phi) is 2.90. The van der Waals surface area contributed by atoms with Crippen molar-refractivity contribution in [2.24, 2.45) is 5.92 Å². The highest BCUT2D eigenvalue weighted by Gasteiger charge is 2.17. The highest BCUT2D eigenvalue weighted by molar-refractivity contribution is 5.40. The van der Waals surface area contributed by atoms with Gasteiger partial charge in [-0.3, -0.25) is 4.68 Å². The van der Waals surface area contributed by atoms with Gasteiger partial charge in [-0.1, -0.05) is 12.1 Å². The number of rotatable bonds is 4. The van der Waals surface area contributed by atoms with E-state index in [9.17, 15) is 5.11 Å². The molecule has 1 aliphatic rings. The minimum absolute atomic E-state index is 0.133. The van der Waals surface area contributed by atoms with Gasteiger partial charge in [-0.05, 0) is 12.1 Å². The lowest BCUT2D eigenvalue weighted by molar-refractivity contribution is 0.295. The Morgan fingerprint density at radius 1 is 1.39 bits per heavy atom. The van der Waals surface area contributed by atoms with Crippen LogP contribution in [-0.4, -0.2) is 28.0 Å². The molecule has 2 heterocycles. The average Bonchev–Trinajstić information content (AvgIpc) is 2.75. The first-order valence-corrected chi connectivity index (χ1v) is 6.00. The molecule has 1 fully saturated rings. The number of phenols is 1. The molecule has 0 aliphatic carbocycles. The van der Waals surface area contributed by atoms with Crippen molar-refractivity contribution in [1.82, 2.24) is 15.1 Å². The Morgan fingerprint density at radius 2 is 2.22 bits per heavy atom. The number of ether oxygens (including phenoxy) is 1. The maximum Gasteiger partial charge on any atom is 0.169 e. The van der Waals surface area contributed by atoms with E-state index in [4.69, 9.17) is 4.74 Å². The zero-order chi connectivity index (χ0) is 12.4. The lowest BCUT2D eigenvalue weighted by Crippen LogP contribution is -2.44. The first kappa shape index (κ1) is 11.1. The summed E-state index contributed by atoms with van der Waals surface area (Å²) in [6.45, 7) is 3.00. The van der Waals surface area contributed by atoms with E-state index < -0.39 is 0 Å². The van der Waals surface area contributed by atoms with Crippen LogP contribution in [0.3, 0.4) is 0 Å². The number of para-hydroxylation sites is 2. The quantitative estimate of drug-likeness (QED) is 0.859. The zero-order valence-corrected chi connectivity index (χ0v) is 9.91. The molecule has 2 aromatic rings. The Labute approximate surface area is 105 Å². The van der Waals surface area contributed by atoms with E-state index in [1.54, 1.807) is 24.4 Å². The van der Waals surface area contributed by atoms with Gasteiger partial charge in [-0.15, -0.1) is 0 Å². The lowest BCUT2D eigenvalue weighted by Gasteiger charge is -2.26. The number of hydrogen-bond donors (Lipinski definition) is 2. The summed E-state index contributed by atoms with van der Waals surface area (Å²) in [7, 11) is 0. The standard InChI is InChI=1S/C13H15N3O2/c17-12-3-1-2-4-13(12)18-11-7-15-16(9-11)8-10-5-14-6-10/h1-4,7,9-10,14,17H,5-6,8H2. The van der Waals surface area contributed by atoms with E-state index >= 15 is 0 Å². The number of benzene rings is 1. The van der Waals surface area contributed by atoms with Gasteiger partial charge in [0.1, 0.15) is 0 Å². The Morgan fingerprint density at radius 3 is 2.94 bits per heavy atom. The molecule has 5 heteroatoms. The van der Waals surface area contributed by atoms with Gasteiger partial charge in [0, 0.05) is 25.6 Å². The second kappa shape index (κ2) is 4.70. The molecule has 1 saturated heterocycles. The fraction of sp³-hybridized carbons (Fsp3) is 0.308. The lowest BCUT2D eigenvalue weighted by atomic mass is 10.0. The molecule has 0 saturated carbocycles. The van der Waals surface area contributed by atoms with E-state index in [0.29, 0.717) is 17.4 Å². The van der Waals surface area contributed by atoms with Crippen molar-refractivity contribution in [3.05, 3.63) is 36.7 Å². The van der Waals surface area contributed by atoms with Crippen LogP contribution < -0.4 is 10.1 Å². The highest BCUT2D eigenvalue weighted by Crippen LogP contribution is 2.29. The van der Waals surface area contributed by atoms with E-state index in [1.807, 2.05) is 16.9 Å². The molecule has 5 nitrogen and oxygen atoms in total. The van der Waals surface area contributed by atoms with Crippen LogP contribution in [0.5, 0.6) is 17.2 Å². The molecule has 1 aliphatic heterocycles. The van der Waals surface area contributed by atoms with Crippen molar-refractivity contribution < 1.29 is 9.84 Å². The number of aromatic hydroxyl groups is 1. The third kappa shape index (κ3) is 2.31. The third-order valence-electron chi connectivity index (χ3n) is 3.01. The summed E-state index contributed by atoms with van der Waals surface area (Å²) in [6.07, 6.45) is 3.52. The summed E-state index contributed by atoms with van der Waals surface area (Å²) in [5.41, 5.74) is 0. The minimum Gasteiger partial charge on any atom is -0.504 e. The number of phenolic OH excluding ortho intramolecular Hbond substituents is 1. The fourth-order valence-electron chi connectivity index (χ4n) is 1.91. The normalized spacial score (nSPS) is 15.3. The van der Waals surface area contributed by atoms with Gasteiger partial charge in [0.15, 0.2) is 17.2 Å². The first-order chi connectivity index (χ1) is 8.81. The highest BCUT2D eigenvalue weighted by atomic mass is 16.5. The summed E-state index contributed by atoms with van der Waals surface area (Å²) < 4.78 is 7.45. The molecule has 2 N–H and O–H groups in total. The zero-order valence-electron chi connectivity index (χ0n) is 9.91. The van der Waals surface area contributed by atoms with E-state index in [0.717, 1.165) is 19.6 Å². The number of aromatic nitrogens is 2. The molecule has 94 valence electrons. The Hall–Kier alpha value is -2.01. The molecule has 0 amide bonds. The topological polar surface area (TPSA) is 59.3 Å². The van der Waals surface area contributed by atoms with Crippen molar-refractivity contribution in [2.45, 2.75) is 6.54 Å². The molecular weight excluding hydrogens is 230 g/mol. The van der Waals surface area contributed by atoms with Gasteiger partial charge >= 0.3 is 0 Å². The molecule has 0 unspecified atom stereocenters. The van der Waals surface area contributed by atoms with Crippen LogP contribution in [-0.2, 0) is 6.54 Å². The summed E-state index contributed by atoms with van der Waals surface area (Å²) >= 11 is 0. The fourth-order valence-corrected chi connectivity index (χ4v) is 1.91. The van der Waals surface area contributed by atoms with Crippen LogP contribution in [0.15, 0.2) is 36.7 Å². The SMILES string of the molecule is Oc1ccccc1Oc1cnn(CC2CNC2)c1. The molecule has 0 radical (unpaired) electrons. The summed E-state index contributed by atoms with van der Waals surface area (Å²) in [5.74, 6) is 1.88. The van der Waals surface area contributed by atoms with Crippen molar-refractivity contribution in [1.29, 1.82) is 0 Å². The molecule has 0 bridgehead atoms. The van der Waals surface area contributed by atoms with Crippen LogP contribution >= 0.6 is 0 Å². The molecule has 1 aromatic heterocycles. The van der Waals surface area contributed by atoms with Crippen LogP contribution in [0, 0.1) is 5.92 Å². The predicted octanol–water partition coefficient (Wildman–Crippen LogP) is 1.60. The monoisotopic (exact) mass is 245 g/mol. The van der Waals surface area contributed by atoms with Crippen LogP contribution in [0.1, 0.15) is 0 Å². The molecule has 0 atom stereocenters. The second-order valence-corrected chi connectivity index (χ2v) is 4.49. The first-order valence-electron chi connectivity index (χ1n) is 6.00. The predicted molar refractivity (Wildman–Crippen MR) is 66.8 cm³/mol. The van der Waals surface area contributed by atoms with E-state index in [-0.39, 0.29) is 5.75 Å². The molecule has 1 aromatic carbocycles. The van der Waals surface area contributed by atoms with Gasteiger partial charge in [-0.2, -0.15) is 5.10 Å². The molecule has 3 rings (SSSR count). The van der Waals surface area contributed by atoms with Crippen LogP contribution in [0.2, 0.25) is 0 Å². The number of hydrogen-bond acceptors (Lipinski definition) is 4. The van der Waals surface area contributed by atoms with Crippen molar-refractivity contribution in [3.63, 3.8) is 0 Å². The molecular formula is C13H15N3O2. The van der Waals surface area contributed by atoms with Gasteiger partial charge in [0.25, 0.3) is 0 Å². The third-order valence-corrected chi connectivity index (χ3v) is 3.01. The van der Waals surface area contributed by atoms with Gasteiger partial charge in [0.2, 0.25) is 0 Å². The Balaban J connectivity index is 1.67. The summed E-state index contributed by atoms with van der Waals surface area (Å²) in [5, 5.41) is 17.1. The van der Waals surface area contributed by atoms with E-state index in [2.05, 4.69) is 10.4 Å². The smallest absolute Gasteiger partial charge is 0.169 e. The van der Waals surface area contributed by atoms with Gasteiger partial charge in [-0.25, -0.2) is 0 Å². The Bertz CT molecular complexity index is 535. The van der Waals surface area contributed by atoms with Gasteiger partial charge in [0.05, 0.1) is 12.4 Å². The molecule has 18 heavy (non-hydrogen) atoms.